The summed E-state index contributed by atoms with van der Waals surface area (Å²) in [5.74, 6) is 0.421. The van der Waals surface area contributed by atoms with Crippen LogP contribution in [0.3, 0.4) is 0 Å². The average Bonchev–Trinajstić information content (AvgIpc) is 2.29. The molecule has 17 heavy (non-hydrogen) atoms. The number of benzene rings is 2. The molecule has 0 aliphatic rings. The summed E-state index contributed by atoms with van der Waals surface area (Å²) in [6, 6.07) is 13.0. The molecule has 0 aliphatic carbocycles. The van der Waals surface area contributed by atoms with Gasteiger partial charge < -0.3 is 0 Å². The van der Waals surface area contributed by atoms with Crippen LogP contribution in [-0.4, -0.2) is 0 Å². The Morgan fingerprint density at radius 2 is 1.59 bits per heavy atom. The van der Waals surface area contributed by atoms with E-state index in [2.05, 4.69) is 44.0 Å². The predicted molar refractivity (Wildman–Crippen MR) is 68.5 cm³/mol. The molecule has 0 aliphatic heterocycles. The van der Waals surface area contributed by atoms with Crippen LogP contribution < -0.4 is 5.72 Å². The molecule has 0 aromatic heterocycles. The van der Waals surface area contributed by atoms with E-state index >= 15 is 0 Å². The first kappa shape index (κ1) is 13.5. The first-order valence-corrected chi connectivity index (χ1v) is 11.6. The number of hydrogen-bond donors (Lipinski definition) is 0. The van der Waals surface area contributed by atoms with Gasteiger partial charge in [-0.05, 0) is 0 Å². The quantitative estimate of drug-likeness (QED) is 0.528. The number of hydrogen-bond acceptors (Lipinski definition) is 1. The predicted octanol–water partition coefficient (Wildman–Crippen LogP) is 4.05. The third-order valence-corrected chi connectivity index (χ3v) is 8.18. The molecule has 0 saturated heterocycles. The van der Waals surface area contributed by atoms with Gasteiger partial charge in [0.2, 0.25) is 0 Å². The van der Waals surface area contributed by atoms with Crippen molar-refractivity contribution in [1.82, 2.24) is 0 Å². The summed E-state index contributed by atoms with van der Waals surface area (Å²) in [5, 5.41) is 0. The van der Waals surface area contributed by atoms with Crippen LogP contribution >= 0.6 is 31.9 Å². The molecule has 1 nitrogen and oxygen atoms in total. The summed E-state index contributed by atoms with van der Waals surface area (Å²) in [4.78, 5) is 0. The van der Waals surface area contributed by atoms with Gasteiger partial charge in [0.25, 0.3) is 0 Å². The van der Waals surface area contributed by atoms with E-state index in [1.807, 2.05) is 18.2 Å². The van der Waals surface area contributed by atoms with Crippen LogP contribution in [0.1, 0.15) is 0 Å². The maximum absolute atomic E-state index is 13.1. The zero-order valence-electron chi connectivity index (χ0n) is 8.79. The fourth-order valence-corrected chi connectivity index (χ4v) is 8.62. The fraction of sp³-hybridized carbons (Fsp3) is 0. The molecule has 0 radical (unpaired) electrons. The summed E-state index contributed by atoms with van der Waals surface area (Å²) in [7, 11) is 0. The van der Waals surface area contributed by atoms with Crippen molar-refractivity contribution in [3.05, 3.63) is 57.2 Å². The summed E-state index contributed by atoms with van der Waals surface area (Å²) in [6.07, 6.45) is 0. The number of rotatable bonds is 3. The van der Waals surface area contributed by atoms with Crippen molar-refractivity contribution in [2.75, 3.05) is 0 Å². The van der Waals surface area contributed by atoms with Crippen molar-refractivity contribution in [2.45, 2.75) is 0 Å². The summed E-state index contributed by atoms with van der Waals surface area (Å²) >= 11 is 5.00. The molecule has 0 atom stereocenters. The van der Waals surface area contributed by atoms with Gasteiger partial charge in [-0.2, -0.15) is 0 Å². The topological polar surface area (TPSA) is 9.23 Å². The Hall–Kier alpha value is 0.0651. The van der Waals surface area contributed by atoms with E-state index in [9.17, 15) is 4.39 Å². The maximum atomic E-state index is 13.1. The first-order chi connectivity index (χ1) is 8.16. The van der Waals surface area contributed by atoms with Crippen molar-refractivity contribution in [3.63, 3.8) is 0 Å². The summed E-state index contributed by atoms with van der Waals surface area (Å²) < 4.78 is 21.5. The molecule has 0 fully saturated rings. The Bertz CT molecular complexity index is 496. The van der Waals surface area contributed by atoms with Gasteiger partial charge >= 0.3 is 130 Å². The molecule has 0 N–H and O–H groups in total. The molecule has 0 heterocycles. The third-order valence-electron chi connectivity index (χ3n) is 2.19. The van der Waals surface area contributed by atoms with Crippen LogP contribution in [-0.2, 0) is 25.0 Å². The second-order valence-corrected chi connectivity index (χ2v) is 10.6. The Kier molecular flexibility index (Phi) is 5.00. The van der Waals surface area contributed by atoms with Crippen molar-refractivity contribution in [1.29, 1.82) is 0 Å². The zero-order valence-corrected chi connectivity index (χ0v) is 17.5. The average molecular weight is 547 g/mol. The molecule has 5 heteroatoms. The van der Waals surface area contributed by atoms with E-state index in [1.165, 1.54) is 15.2 Å². The van der Waals surface area contributed by atoms with E-state index in [1.54, 1.807) is 0 Å². The van der Waals surface area contributed by atoms with Gasteiger partial charge in [-0.15, -0.1) is 0 Å². The fourth-order valence-electron chi connectivity index (χ4n) is 1.40. The molecule has 0 amide bonds. The van der Waals surface area contributed by atoms with E-state index in [0.717, 1.165) is 0 Å². The van der Waals surface area contributed by atoms with Crippen LogP contribution in [0.2, 0.25) is 0 Å². The van der Waals surface area contributed by atoms with E-state index in [0.29, 0.717) is 14.7 Å². The van der Waals surface area contributed by atoms with E-state index < -0.39 is 25.0 Å². The van der Waals surface area contributed by atoms with Gasteiger partial charge in [0.05, 0.1) is 0 Å². The Morgan fingerprint density at radius 1 is 1.00 bits per heavy atom. The molecule has 2 rings (SSSR count). The van der Waals surface area contributed by atoms with Gasteiger partial charge in [0.15, 0.2) is 0 Å². The molecular formula is C12H7Br2FHgO. The Morgan fingerprint density at radius 3 is 2.18 bits per heavy atom. The van der Waals surface area contributed by atoms with Crippen LogP contribution in [0.15, 0.2) is 51.4 Å². The molecule has 0 spiro atoms. The van der Waals surface area contributed by atoms with Gasteiger partial charge in [0.1, 0.15) is 0 Å². The monoisotopic (exact) mass is 546 g/mol. The van der Waals surface area contributed by atoms with Crippen LogP contribution in [0, 0.1) is 5.82 Å². The zero-order chi connectivity index (χ0) is 12.3. The molecule has 0 unspecified atom stereocenters. The van der Waals surface area contributed by atoms with Crippen molar-refractivity contribution < 1.29 is 32.1 Å². The minimum atomic E-state index is -1.62. The molecule has 0 bridgehead atoms. The Labute approximate surface area is 129 Å². The van der Waals surface area contributed by atoms with Crippen LogP contribution in [0.5, 0.6) is 5.75 Å². The van der Waals surface area contributed by atoms with Crippen molar-refractivity contribution in [3.8, 4) is 5.75 Å². The molecule has 2 aromatic rings. The van der Waals surface area contributed by atoms with Gasteiger partial charge in [-0.25, -0.2) is 0 Å². The van der Waals surface area contributed by atoms with Crippen LogP contribution in [0.25, 0.3) is 0 Å². The third kappa shape index (κ3) is 3.76. The second kappa shape index (κ2) is 6.30. The van der Waals surface area contributed by atoms with E-state index in [-0.39, 0.29) is 5.82 Å². The van der Waals surface area contributed by atoms with Gasteiger partial charge in [-0.1, -0.05) is 0 Å². The molecular weight excluding hydrogens is 540 g/mol. The number of halogens is 3. The molecule has 84 valence electrons. The summed E-state index contributed by atoms with van der Waals surface area (Å²) in [6.45, 7) is 0. The SMILES string of the molecule is Fc1cc(Br)c([O][Hg][c]2ccccc2)c(Br)c1. The summed E-state index contributed by atoms with van der Waals surface area (Å²) in [5.41, 5.74) is 0. The van der Waals surface area contributed by atoms with Crippen molar-refractivity contribution in [2.24, 2.45) is 0 Å². The minimum absolute atomic E-state index is 0.285. The second-order valence-electron chi connectivity index (χ2n) is 3.47. The molecule has 2 aromatic carbocycles. The molecule has 0 saturated carbocycles. The van der Waals surface area contributed by atoms with Gasteiger partial charge in [-0.3, -0.25) is 0 Å². The van der Waals surface area contributed by atoms with Gasteiger partial charge in [0, 0.05) is 0 Å². The van der Waals surface area contributed by atoms with E-state index in [4.69, 9.17) is 2.64 Å². The normalized spacial score (nSPS) is 9.82. The van der Waals surface area contributed by atoms with Crippen molar-refractivity contribution >= 4 is 34.9 Å². The Balaban J connectivity index is 2.15. The standard InChI is InChI=1S/C6H3Br2FO.C6H5.Hg/c7-4-1-3(9)2-5(8)6(4)10;1-2-4-6-5-3-1;/h1-2,10H;1-5H;/q;;+1/p-1. The van der Waals surface area contributed by atoms with Crippen LogP contribution in [0.4, 0.5) is 4.39 Å². The first-order valence-electron chi connectivity index (χ1n) is 4.98.